The van der Waals surface area contributed by atoms with Gasteiger partial charge in [-0.3, -0.25) is 4.79 Å². The first kappa shape index (κ1) is 12.1. The second-order valence-electron chi connectivity index (χ2n) is 4.35. The summed E-state index contributed by atoms with van der Waals surface area (Å²) in [5.41, 5.74) is -0.718. The standard InChI is InChI=1S/C9H14ClNO4S/c1-15-7-4-2-3-5-9(7)6-8(12)11(9)16(10,13)14/h7H,2-6H2,1H3. The largest absolute Gasteiger partial charge is 0.379 e. The van der Waals surface area contributed by atoms with Crippen molar-refractivity contribution in [3.8, 4) is 0 Å². The van der Waals surface area contributed by atoms with Gasteiger partial charge in [0.2, 0.25) is 5.91 Å². The van der Waals surface area contributed by atoms with Crippen molar-refractivity contribution in [2.24, 2.45) is 0 Å². The molecule has 16 heavy (non-hydrogen) atoms. The molecule has 1 spiro atoms. The minimum atomic E-state index is -3.99. The first-order valence-electron chi connectivity index (χ1n) is 5.22. The fourth-order valence-corrected chi connectivity index (χ4v) is 4.52. The van der Waals surface area contributed by atoms with E-state index in [1.165, 1.54) is 0 Å². The third-order valence-electron chi connectivity index (χ3n) is 3.52. The highest BCUT2D eigenvalue weighted by Crippen LogP contribution is 2.47. The number of hydrogen-bond donors (Lipinski definition) is 0. The lowest BCUT2D eigenvalue weighted by Crippen LogP contribution is -2.71. The molecule has 2 atom stereocenters. The van der Waals surface area contributed by atoms with E-state index in [0.29, 0.717) is 6.42 Å². The molecule has 2 aliphatic rings. The van der Waals surface area contributed by atoms with E-state index >= 15 is 0 Å². The fraction of sp³-hybridized carbons (Fsp3) is 0.889. The Kier molecular flexibility index (Phi) is 2.92. The Morgan fingerprint density at radius 3 is 2.69 bits per heavy atom. The molecule has 1 saturated heterocycles. The maximum absolute atomic E-state index is 11.4. The van der Waals surface area contributed by atoms with Gasteiger partial charge in [-0.15, -0.1) is 0 Å². The van der Waals surface area contributed by atoms with Crippen LogP contribution in [0.1, 0.15) is 32.1 Å². The second kappa shape index (κ2) is 3.85. The van der Waals surface area contributed by atoms with Gasteiger partial charge in [0.05, 0.1) is 18.1 Å². The SMILES string of the molecule is COC1CCCCC12CC(=O)N2S(=O)(=O)Cl. The lowest BCUT2D eigenvalue weighted by molar-refractivity contribution is -0.161. The number of β-lactam (4-membered cyclic amide) rings is 1. The van der Waals surface area contributed by atoms with Crippen LogP contribution in [-0.4, -0.2) is 37.4 Å². The third kappa shape index (κ3) is 1.63. The minimum absolute atomic E-state index is 0.220. The Morgan fingerprint density at radius 1 is 1.50 bits per heavy atom. The summed E-state index contributed by atoms with van der Waals surface area (Å²) < 4.78 is 28.9. The van der Waals surface area contributed by atoms with Gasteiger partial charge in [-0.05, 0) is 12.8 Å². The van der Waals surface area contributed by atoms with Crippen LogP contribution in [0.15, 0.2) is 0 Å². The van der Waals surface area contributed by atoms with E-state index in [1.54, 1.807) is 7.11 Å². The second-order valence-corrected chi connectivity index (χ2v) is 6.71. The molecule has 1 aliphatic heterocycles. The van der Waals surface area contributed by atoms with Gasteiger partial charge in [0.25, 0.3) is 0 Å². The van der Waals surface area contributed by atoms with Crippen molar-refractivity contribution in [2.45, 2.75) is 43.7 Å². The monoisotopic (exact) mass is 267 g/mol. The van der Waals surface area contributed by atoms with Crippen molar-refractivity contribution in [2.75, 3.05) is 7.11 Å². The third-order valence-corrected chi connectivity index (χ3v) is 4.93. The molecule has 7 heteroatoms. The summed E-state index contributed by atoms with van der Waals surface area (Å²) in [6.45, 7) is 0. The van der Waals surface area contributed by atoms with Crippen LogP contribution in [0.2, 0.25) is 0 Å². The first-order chi connectivity index (χ1) is 7.42. The number of ether oxygens (including phenoxy) is 1. The van der Waals surface area contributed by atoms with Crippen molar-refractivity contribution in [1.29, 1.82) is 0 Å². The maximum Gasteiger partial charge on any atom is 0.324 e. The summed E-state index contributed by atoms with van der Waals surface area (Å²) in [5.74, 6) is -0.432. The smallest absolute Gasteiger partial charge is 0.324 e. The van der Waals surface area contributed by atoms with Gasteiger partial charge in [0.1, 0.15) is 0 Å². The lowest BCUT2D eigenvalue weighted by atomic mass is 9.72. The predicted molar refractivity (Wildman–Crippen MR) is 58.2 cm³/mol. The van der Waals surface area contributed by atoms with Crippen LogP contribution in [-0.2, 0) is 18.8 Å². The molecular formula is C9H14ClNO4S. The molecule has 0 N–H and O–H groups in total. The molecule has 1 heterocycles. The fourth-order valence-electron chi connectivity index (χ4n) is 2.86. The number of amides is 1. The average molecular weight is 268 g/mol. The molecule has 0 aromatic carbocycles. The number of rotatable bonds is 2. The van der Waals surface area contributed by atoms with Crippen LogP contribution in [0.25, 0.3) is 0 Å². The van der Waals surface area contributed by atoms with E-state index in [9.17, 15) is 13.2 Å². The van der Waals surface area contributed by atoms with Gasteiger partial charge in [0.15, 0.2) is 0 Å². The van der Waals surface area contributed by atoms with Crippen molar-refractivity contribution >= 4 is 25.8 Å². The van der Waals surface area contributed by atoms with E-state index in [2.05, 4.69) is 0 Å². The lowest BCUT2D eigenvalue weighted by Gasteiger charge is -2.54. The van der Waals surface area contributed by atoms with Crippen LogP contribution in [0.3, 0.4) is 0 Å². The summed E-state index contributed by atoms with van der Waals surface area (Å²) in [4.78, 5) is 11.4. The Hall–Kier alpha value is -0.330. The van der Waals surface area contributed by atoms with E-state index in [4.69, 9.17) is 15.4 Å². The molecule has 0 aromatic heterocycles. The highest BCUT2D eigenvalue weighted by atomic mass is 35.7. The molecule has 0 bridgehead atoms. The summed E-state index contributed by atoms with van der Waals surface area (Å²) in [5, 5.41) is 0. The zero-order valence-corrected chi connectivity index (χ0v) is 10.6. The summed E-state index contributed by atoms with van der Waals surface area (Å²) in [6.07, 6.45) is 3.29. The van der Waals surface area contributed by atoms with E-state index < -0.39 is 20.7 Å². The van der Waals surface area contributed by atoms with Gasteiger partial charge >= 0.3 is 9.24 Å². The Bertz CT molecular complexity index is 410. The number of hydrogen-bond acceptors (Lipinski definition) is 4. The first-order valence-corrected chi connectivity index (χ1v) is 7.49. The van der Waals surface area contributed by atoms with E-state index in [-0.39, 0.29) is 12.5 Å². The topological polar surface area (TPSA) is 63.7 Å². The van der Waals surface area contributed by atoms with Crippen LogP contribution in [0.5, 0.6) is 0 Å². The molecular weight excluding hydrogens is 254 g/mol. The number of nitrogens with zero attached hydrogens (tertiary/aromatic N) is 1. The van der Waals surface area contributed by atoms with Crippen molar-refractivity contribution in [1.82, 2.24) is 4.31 Å². The Labute approximate surface area is 99.2 Å². The van der Waals surface area contributed by atoms with Crippen LogP contribution in [0, 0.1) is 0 Å². The zero-order chi connectivity index (χ0) is 12.0. The predicted octanol–water partition coefficient (Wildman–Crippen LogP) is 1.03. The zero-order valence-electron chi connectivity index (χ0n) is 8.98. The summed E-state index contributed by atoms with van der Waals surface area (Å²) in [7, 11) is 2.85. The van der Waals surface area contributed by atoms with Gasteiger partial charge in [-0.1, -0.05) is 12.8 Å². The number of halogens is 1. The molecule has 1 aliphatic carbocycles. The highest BCUT2D eigenvalue weighted by molar-refractivity contribution is 8.12. The molecule has 2 fully saturated rings. The minimum Gasteiger partial charge on any atom is -0.379 e. The molecule has 5 nitrogen and oxygen atoms in total. The normalized spacial score (nSPS) is 35.2. The summed E-state index contributed by atoms with van der Waals surface area (Å²) in [6, 6.07) is 0. The average Bonchev–Trinajstić information content (AvgIpc) is 2.14. The molecule has 1 amide bonds. The van der Waals surface area contributed by atoms with Crippen molar-refractivity contribution < 1.29 is 17.9 Å². The van der Waals surface area contributed by atoms with Gasteiger partial charge in [-0.25, -0.2) is 4.31 Å². The molecule has 0 aromatic rings. The van der Waals surface area contributed by atoms with Crippen molar-refractivity contribution in [3.05, 3.63) is 0 Å². The number of methoxy groups -OCH3 is 1. The van der Waals surface area contributed by atoms with Gasteiger partial charge in [0, 0.05) is 17.8 Å². The number of carbonyl (C=O) groups is 1. The maximum atomic E-state index is 11.4. The van der Waals surface area contributed by atoms with E-state index in [0.717, 1.165) is 23.6 Å². The summed E-state index contributed by atoms with van der Waals surface area (Å²) >= 11 is 0. The molecule has 0 radical (unpaired) electrons. The number of carbonyl (C=O) groups excluding carboxylic acids is 1. The Balaban J connectivity index is 2.34. The van der Waals surface area contributed by atoms with E-state index in [1.807, 2.05) is 0 Å². The quantitative estimate of drug-likeness (QED) is 0.554. The van der Waals surface area contributed by atoms with Crippen LogP contribution >= 0.6 is 10.7 Å². The van der Waals surface area contributed by atoms with Gasteiger partial charge in [-0.2, -0.15) is 8.42 Å². The molecule has 2 rings (SSSR count). The molecule has 92 valence electrons. The molecule has 2 unspecified atom stereocenters. The van der Waals surface area contributed by atoms with Crippen molar-refractivity contribution in [3.63, 3.8) is 0 Å². The Morgan fingerprint density at radius 2 is 2.19 bits per heavy atom. The van der Waals surface area contributed by atoms with Gasteiger partial charge < -0.3 is 4.74 Å². The van der Waals surface area contributed by atoms with Crippen LogP contribution < -0.4 is 0 Å². The van der Waals surface area contributed by atoms with Crippen LogP contribution in [0.4, 0.5) is 0 Å². The highest BCUT2D eigenvalue weighted by Gasteiger charge is 2.61. The molecule has 1 saturated carbocycles.